The molecule has 0 aliphatic heterocycles. The van der Waals surface area contributed by atoms with Gasteiger partial charge in [-0.2, -0.15) is 5.10 Å². The van der Waals surface area contributed by atoms with Crippen LogP contribution in [0.3, 0.4) is 0 Å². The first-order valence-corrected chi connectivity index (χ1v) is 7.57. The summed E-state index contributed by atoms with van der Waals surface area (Å²) in [5, 5.41) is 26.4. The number of hydrogen-bond acceptors (Lipinski definition) is 6. The third-order valence-electron chi connectivity index (χ3n) is 3.57. The fourth-order valence-electron chi connectivity index (χ4n) is 2.08. The minimum atomic E-state index is -0.195. The first-order valence-electron chi connectivity index (χ1n) is 7.57. The maximum atomic E-state index is 9.54. The molecular formula is C18H20N4O3. The van der Waals surface area contributed by atoms with E-state index >= 15 is 0 Å². The van der Waals surface area contributed by atoms with Gasteiger partial charge in [0.1, 0.15) is 5.75 Å². The molecule has 0 aliphatic rings. The number of phenols is 2. The molecule has 2 rings (SSSR count). The lowest BCUT2D eigenvalue weighted by Crippen LogP contribution is -1.99. The molecule has 0 spiro atoms. The Labute approximate surface area is 145 Å². The summed E-state index contributed by atoms with van der Waals surface area (Å²) in [5.41, 5.74) is 12.3. The zero-order chi connectivity index (χ0) is 18.2. The number of hydrogen-bond donors (Lipinski definition) is 4. The Morgan fingerprint density at radius 1 is 1.12 bits per heavy atom. The highest BCUT2D eigenvalue weighted by atomic mass is 16.5. The highest BCUT2D eigenvalue weighted by molar-refractivity contribution is 5.84. The zero-order valence-electron chi connectivity index (χ0n) is 13.9. The summed E-state index contributed by atoms with van der Waals surface area (Å²) >= 11 is 0. The SMILES string of the molecule is C=C(CC/C(N=N)=N/Nc1ccc(OC)cc1)c1ccc(O)c(O)c1. The molecule has 2 aromatic carbocycles. The van der Waals surface area contributed by atoms with Gasteiger partial charge in [0.25, 0.3) is 0 Å². The first-order chi connectivity index (χ1) is 12.0. The summed E-state index contributed by atoms with van der Waals surface area (Å²) in [5.74, 6) is 0.691. The molecule has 4 N–H and O–H groups in total. The van der Waals surface area contributed by atoms with Gasteiger partial charge < -0.3 is 14.9 Å². The van der Waals surface area contributed by atoms with Crippen LogP contribution >= 0.6 is 0 Å². The van der Waals surface area contributed by atoms with Gasteiger partial charge in [0.2, 0.25) is 0 Å². The maximum absolute atomic E-state index is 9.54. The molecule has 0 fully saturated rings. The summed E-state index contributed by atoms with van der Waals surface area (Å²) in [7, 11) is 1.60. The Balaban J connectivity index is 1.95. The van der Waals surface area contributed by atoms with Crippen LogP contribution in [0.15, 0.2) is 59.3 Å². The molecule has 7 nitrogen and oxygen atoms in total. The van der Waals surface area contributed by atoms with E-state index in [2.05, 4.69) is 22.2 Å². The summed E-state index contributed by atoms with van der Waals surface area (Å²) in [4.78, 5) is 0. The van der Waals surface area contributed by atoms with Crippen LogP contribution in [-0.4, -0.2) is 23.2 Å². The summed E-state index contributed by atoms with van der Waals surface area (Å²) in [6.07, 6.45) is 0.919. The summed E-state index contributed by atoms with van der Waals surface area (Å²) in [6.45, 7) is 3.95. The van der Waals surface area contributed by atoms with Crippen LogP contribution in [0.4, 0.5) is 5.69 Å². The van der Waals surface area contributed by atoms with Crippen molar-refractivity contribution in [3.8, 4) is 17.2 Å². The number of aromatic hydroxyl groups is 2. The molecule has 2 aromatic rings. The number of methoxy groups -OCH3 is 1. The van der Waals surface area contributed by atoms with Gasteiger partial charge >= 0.3 is 0 Å². The number of nitrogens with one attached hydrogen (secondary N) is 2. The smallest absolute Gasteiger partial charge is 0.170 e. The van der Waals surface area contributed by atoms with E-state index in [4.69, 9.17) is 10.3 Å². The molecule has 25 heavy (non-hydrogen) atoms. The molecule has 0 heterocycles. The lowest BCUT2D eigenvalue weighted by atomic mass is 10.0. The number of nitrogens with zero attached hydrogens (tertiary/aromatic N) is 2. The van der Waals surface area contributed by atoms with E-state index in [9.17, 15) is 10.2 Å². The number of benzene rings is 2. The van der Waals surface area contributed by atoms with Crippen LogP contribution in [0.5, 0.6) is 17.2 Å². The highest BCUT2D eigenvalue weighted by Crippen LogP contribution is 2.29. The molecule has 0 aromatic heterocycles. The predicted molar refractivity (Wildman–Crippen MR) is 97.2 cm³/mol. The van der Waals surface area contributed by atoms with Crippen molar-refractivity contribution in [1.82, 2.24) is 0 Å². The van der Waals surface area contributed by atoms with Crippen LogP contribution in [-0.2, 0) is 0 Å². The van der Waals surface area contributed by atoms with Gasteiger partial charge in [-0.1, -0.05) is 12.6 Å². The van der Waals surface area contributed by atoms with Gasteiger partial charge in [-0.25, -0.2) is 5.53 Å². The third-order valence-corrected chi connectivity index (χ3v) is 3.57. The number of amidine groups is 1. The van der Waals surface area contributed by atoms with Gasteiger partial charge in [-0.05, 0) is 54.0 Å². The minimum Gasteiger partial charge on any atom is -0.504 e. The molecule has 0 radical (unpaired) electrons. The second-order valence-electron chi connectivity index (χ2n) is 5.29. The number of hydrazone groups is 1. The quantitative estimate of drug-likeness (QED) is 0.197. The van der Waals surface area contributed by atoms with Crippen molar-refractivity contribution in [3.05, 3.63) is 54.6 Å². The molecule has 0 amide bonds. The molecule has 0 saturated carbocycles. The fourth-order valence-corrected chi connectivity index (χ4v) is 2.08. The highest BCUT2D eigenvalue weighted by Gasteiger charge is 2.06. The third kappa shape index (κ3) is 5.07. The van der Waals surface area contributed by atoms with Crippen molar-refractivity contribution in [1.29, 1.82) is 5.53 Å². The van der Waals surface area contributed by atoms with E-state index < -0.39 is 0 Å². The van der Waals surface area contributed by atoms with Crippen LogP contribution in [0.1, 0.15) is 18.4 Å². The van der Waals surface area contributed by atoms with Gasteiger partial charge in [0, 0.05) is 6.42 Å². The number of rotatable bonds is 7. The van der Waals surface area contributed by atoms with E-state index in [1.54, 1.807) is 25.3 Å². The normalized spacial score (nSPS) is 11.0. The van der Waals surface area contributed by atoms with Crippen molar-refractivity contribution in [3.63, 3.8) is 0 Å². The molecule has 0 saturated heterocycles. The maximum Gasteiger partial charge on any atom is 0.170 e. The number of phenolic OH excluding ortho intramolecular Hbond substituents is 2. The van der Waals surface area contributed by atoms with E-state index in [1.807, 2.05) is 12.1 Å². The van der Waals surface area contributed by atoms with Crippen molar-refractivity contribution in [2.45, 2.75) is 12.8 Å². The van der Waals surface area contributed by atoms with Crippen molar-refractivity contribution < 1.29 is 14.9 Å². The molecule has 0 aliphatic carbocycles. The fraction of sp³-hybridized carbons (Fsp3) is 0.167. The van der Waals surface area contributed by atoms with Gasteiger partial charge in [-0.3, -0.25) is 5.43 Å². The van der Waals surface area contributed by atoms with Crippen LogP contribution < -0.4 is 10.2 Å². The molecule has 0 unspecified atom stereocenters. The molecule has 0 atom stereocenters. The molecule has 130 valence electrons. The van der Waals surface area contributed by atoms with Gasteiger partial charge in [0.15, 0.2) is 17.3 Å². The monoisotopic (exact) mass is 340 g/mol. The first kappa shape index (κ1) is 18.0. The molecule has 0 bridgehead atoms. The minimum absolute atomic E-state index is 0.177. The Morgan fingerprint density at radius 3 is 2.44 bits per heavy atom. The Bertz CT molecular complexity index is 785. The van der Waals surface area contributed by atoms with Crippen molar-refractivity contribution >= 4 is 17.1 Å². The van der Waals surface area contributed by atoms with Crippen molar-refractivity contribution in [2.75, 3.05) is 12.5 Å². The van der Waals surface area contributed by atoms with E-state index in [0.717, 1.165) is 17.0 Å². The largest absolute Gasteiger partial charge is 0.504 e. The van der Waals surface area contributed by atoms with Gasteiger partial charge in [-0.15, -0.1) is 5.11 Å². The van der Waals surface area contributed by atoms with Crippen LogP contribution in [0, 0.1) is 5.53 Å². The predicted octanol–water partition coefficient (Wildman–Crippen LogP) is 4.36. The number of anilines is 1. The lowest BCUT2D eigenvalue weighted by molar-refractivity contribution is 0.403. The summed E-state index contributed by atoms with van der Waals surface area (Å²) < 4.78 is 5.08. The average molecular weight is 340 g/mol. The lowest BCUT2D eigenvalue weighted by Gasteiger charge is -2.07. The van der Waals surface area contributed by atoms with Gasteiger partial charge in [0.05, 0.1) is 12.8 Å². The van der Waals surface area contributed by atoms with E-state index in [-0.39, 0.29) is 11.5 Å². The molecular weight excluding hydrogens is 320 g/mol. The van der Waals surface area contributed by atoms with Crippen LogP contribution in [0.25, 0.3) is 5.57 Å². The number of allylic oxidation sites excluding steroid dienone is 1. The van der Waals surface area contributed by atoms with Crippen molar-refractivity contribution in [2.24, 2.45) is 10.2 Å². The average Bonchev–Trinajstić information content (AvgIpc) is 2.64. The van der Waals surface area contributed by atoms with E-state index in [0.29, 0.717) is 24.2 Å². The molecule has 7 heteroatoms. The zero-order valence-corrected chi connectivity index (χ0v) is 13.9. The Kier molecular flexibility index (Phi) is 6.11. The number of ether oxygens (including phenoxy) is 1. The van der Waals surface area contributed by atoms with E-state index in [1.165, 1.54) is 12.1 Å². The standard InChI is InChI=1S/C18H20N4O3/c1-12(13-4-9-16(23)17(24)11-13)3-10-18(20-19)22-21-14-5-7-15(25-2)8-6-14/h4-9,11,19,21,23-24H,1,3,10H2,2H3/b20-19?,22-18-. The topological polar surface area (TPSA) is 110 Å². The summed E-state index contributed by atoms with van der Waals surface area (Å²) in [6, 6.07) is 11.7. The second kappa shape index (κ2) is 8.49. The van der Waals surface area contributed by atoms with Crippen LogP contribution in [0.2, 0.25) is 0 Å². The Morgan fingerprint density at radius 2 is 1.84 bits per heavy atom. The Hall–Kier alpha value is -3.35. The second-order valence-corrected chi connectivity index (χ2v) is 5.29.